The molecule has 0 unspecified atom stereocenters. The smallest absolute Gasteiger partial charge is 0.133 e. The highest BCUT2D eigenvalue weighted by Crippen LogP contribution is 2.05. The Kier molecular flexibility index (Phi) is 11.1. The third kappa shape index (κ3) is 11.1. The lowest BCUT2D eigenvalue weighted by Crippen LogP contribution is -1.94. The van der Waals surface area contributed by atoms with Crippen LogP contribution in [0.5, 0.6) is 0 Å². The molecule has 0 aromatic heterocycles. The molecule has 2 heteroatoms. The number of carbonyl (C=O) groups excluding carboxylic acids is 2. The number of rotatable bonds is 6. The van der Waals surface area contributed by atoms with Gasteiger partial charge in [0, 0.05) is 25.7 Å². The van der Waals surface area contributed by atoms with Crippen LogP contribution in [0.3, 0.4) is 0 Å². The van der Waals surface area contributed by atoms with Gasteiger partial charge in [-0.1, -0.05) is 24.3 Å². The average Bonchev–Trinajstić information content (AvgIpc) is 2.62. The quantitative estimate of drug-likeness (QED) is 0.661. The fourth-order valence-corrected chi connectivity index (χ4v) is 1.50. The van der Waals surface area contributed by atoms with E-state index >= 15 is 0 Å². The van der Waals surface area contributed by atoms with Crippen LogP contribution in [0.15, 0.2) is 37.5 Å². The molecule has 1 aliphatic rings. The van der Waals surface area contributed by atoms with Crippen LogP contribution in [0.2, 0.25) is 0 Å². The van der Waals surface area contributed by atoms with Crippen LogP contribution in [0.4, 0.5) is 0 Å². The minimum Gasteiger partial charge on any atom is -0.300 e. The van der Waals surface area contributed by atoms with Crippen molar-refractivity contribution in [1.82, 2.24) is 0 Å². The number of Topliss-reactive ketones (excluding diaryl/α,β-unsaturated/α-hetero) is 2. The molecule has 18 heavy (non-hydrogen) atoms. The predicted molar refractivity (Wildman–Crippen MR) is 76.5 cm³/mol. The maximum atomic E-state index is 10.9. The van der Waals surface area contributed by atoms with Crippen molar-refractivity contribution < 1.29 is 9.59 Å². The van der Waals surface area contributed by atoms with Crippen LogP contribution in [-0.4, -0.2) is 11.6 Å². The summed E-state index contributed by atoms with van der Waals surface area (Å²) in [5.41, 5.74) is 0. The van der Waals surface area contributed by atoms with E-state index in [1.165, 1.54) is 0 Å². The monoisotopic (exact) mass is 248 g/mol. The van der Waals surface area contributed by atoms with Crippen molar-refractivity contribution in [3.63, 3.8) is 0 Å². The highest BCUT2D eigenvalue weighted by molar-refractivity contribution is 5.79. The summed E-state index contributed by atoms with van der Waals surface area (Å²) in [4.78, 5) is 21.5. The van der Waals surface area contributed by atoms with E-state index < -0.39 is 0 Å². The minimum atomic E-state index is 0.305. The van der Waals surface area contributed by atoms with Crippen LogP contribution < -0.4 is 0 Å². The molecule has 0 atom stereocenters. The number of allylic oxidation sites excluding steroid dienone is 4. The Morgan fingerprint density at radius 3 is 1.89 bits per heavy atom. The first-order chi connectivity index (χ1) is 8.70. The van der Waals surface area contributed by atoms with Gasteiger partial charge in [0.2, 0.25) is 0 Å². The fourth-order valence-electron chi connectivity index (χ4n) is 1.50. The normalized spacial score (nSPS) is 14.1. The van der Waals surface area contributed by atoms with Crippen molar-refractivity contribution in [2.24, 2.45) is 0 Å². The van der Waals surface area contributed by atoms with Gasteiger partial charge in [0.25, 0.3) is 0 Å². The third-order valence-electron chi connectivity index (χ3n) is 2.60. The highest BCUT2D eigenvalue weighted by Gasteiger charge is 2.00. The van der Waals surface area contributed by atoms with Crippen LogP contribution in [-0.2, 0) is 9.59 Å². The van der Waals surface area contributed by atoms with Crippen molar-refractivity contribution in [2.75, 3.05) is 0 Å². The summed E-state index contributed by atoms with van der Waals surface area (Å²) in [6.45, 7) is 7.08. The SMILES string of the molecule is C=CCCC(=O)CCC=C.O=C1CCC=CCC1. The molecule has 0 aliphatic heterocycles. The molecule has 0 aromatic carbocycles. The van der Waals surface area contributed by atoms with Crippen LogP contribution in [0.1, 0.15) is 51.4 Å². The van der Waals surface area contributed by atoms with Gasteiger partial charge in [-0.3, -0.25) is 9.59 Å². The van der Waals surface area contributed by atoms with E-state index in [0.29, 0.717) is 24.4 Å². The van der Waals surface area contributed by atoms with Crippen LogP contribution in [0, 0.1) is 0 Å². The van der Waals surface area contributed by atoms with Gasteiger partial charge in [0.15, 0.2) is 0 Å². The van der Waals surface area contributed by atoms with Crippen molar-refractivity contribution >= 4 is 11.6 Å². The van der Waals surface area contributed by atoms with Gasteiger partial charge in [-0.2, -0.15) is 0 Å². The zero-order valence-electron chi connectivity index (χ0n) is 11.2. The Morgan fingerprint density at radius 1 is 1.06 bits per heavy atom. The van der Waals surface area contributed by atoms with Gasteiger partial charge >= 0.3 is 0 Å². The second-order valence-electron chi connectivity index (χ2n) is 4.28. The molecule has 0 bridgehead atoms. The maximum absolute atomic E-state index is 10.9. The molecular weight excluding hydrogens is 224 g/mol. The minimum absolute atomic E-state index is 0.305. The second-order valence-corrected chi connectivity index (χ2v) is 4.28. The second kappa shape index (κ2) is 12.0. The summed E-state index contributed by atoms with van der Waals surface area (Å²) in [6.07, 6.45) is 14.0. The topological polar surface area (TPSA) is 34.1 Å². The highest BCUT2D eigenvalue weighted by atomic mass is 16.1. The number of hydrogen-bond acceptors (Lipinski definition) is 2. The van der Waals surface area contributed by atoms with E-state index in [1.807, 2.05) is 0 Å². The summed E-state index contributed by atoms with van der Waals surface area (Å²) in [5.74, 6) is 0.717. The number of carbonyl (C=O) groups is 2. The molecule has 0 heterocycles. The summed E-state index contributed by atoms with van der Waals surface area (Å²) in [6, 6.07) is 0. The zero-order chi connectivity index (χ0) is 13.6. The van der Waals surface area contributed by atoms with E-state index in [4.69, 9.17) is 0 Å². The molecule has 0 saturated heterocycles. The number of ketones is 2. The van der Waals surface area contributed by atoms with Gasteiger partial charge in [-0.05, 0) is 25.7 Å². The lowest BCUT2D eigenvalue weighted by molar-refractivity contribution is -0.119. The average molecular weight is 248 g/mol. The predicted octanol–water partition coefficient (Wildman–Crippen LogP) is 4.17. The molecule has 100 valence electrons. The molecular formula is C16H24O2. The molecule has 0 N–H and O–H groups in total. The number of hydrogen-bond donors (Lipinski definition) is 0. The first kappa shape index (κ1) is 16.6. The van der Waals surface area contributed by atoms with E-state index in [0.717, 1.165) is 38.5 Å². The molecule has 0 spiro atoms. The molecule has 0 fully saturated rings. The van der Waals surface area contributed by atoms with Gasteiger partial charge < -0.3 is 0 Å². The van der Waals surface area contributed by atoms with Crippen molar-refractivity contribution in [2.45, 2.75) is 51.4 Å². The lowest BCUT2D eigenvalue weighted by Gasteiger charge is -1.93. The Bertz CT molecular complexity index is 274. The largest absolute Gasteiger partial charge is 0.300 e. The summed E-state index contributed by atoms with van der Waals surface area (Å²) in [7, 11) is 0. The first-order valence-corrected chi connectivity index (χ1v) is 6.61. The van der Waals surface area contributed by atoms with Gasteiger partial charge in [-0.25, -0.2) is 0 Å². The molecule has 0 amide bonds. The summed E-state index contributed by atoms with van der Waals surface area (Å²) in [5, 5.41) is 0. The van der Waals surface area contributed by atoms with Gasteiger partial charge in [0.05, 0.1) is 0 Å². The summed E-state index contributed by atoms with van der Waals surface area (Å²) >= 11 is 0. The van der Waals surface area contributed by atoms with E-state index in [9.17, 15) is 9.59 Å². The molecule has 0 aromatic rings. The zero-order valence-corrected chi connectivity index (χ0v) is 11.2. The maximum Gasteiger partial charge on any atom is 0.133 e. The Hall–Kier alpha value is -1.44. The van der Waals surface area contributed by atoms with Crippen molar-refractivity contribution in [3.8, 4) is 0 Å². The molecule has 0 saturated carbocycles. The van der Waals surface area contributed by atoms with Gasteiger partial charge in [-0.15, -0.1) is 13.2 Å². The van der Waals surface area contributed by atoms with Crippen LogP contribution in [0.25, 0.3) is 0 Å². The Morgan fingerprint density at radius 2 is 1.50 bits per heavy atom. The lowest BCUT2D eigenvalue weighted by atomic mass is 10.1. The fraction of sp³-hybridized carbons (Fsp3) is 0.500. The van der Waals surface area contributed by atoms with E-state index in [-0.39, 0.29) is 0 Å². The third-order valence-corrected chi connectivity index (χ3v) is 2.60. The molecule has 1 aliphatic carbocycles. The van der Waals surface area contributed by atoms with Gasteiger partial charge in [0.1, 0.15) is 11.6 Å². The van der Waals surface area contributed by atoms with Crippen LogP contribution >= 0.6 is 0 Å². The summed E-state index contributed by atoms with van der Waals surface area (Å²) < 4.78 is 0. The molecule has 2 nitrogen and oxygen atoms in total. The van der Waals surface area contributed by atoms with E-state index in [1.54, 1.807) is 12.2 Å². The first-order valence-electron chi connectivity index (χ1n) is 6.61. The molecule has 1 rings (SSSR count). The Labute approximate surface area is 110 Å². The Balaban J connectivity index is 0.000000327. The van der Waals surface area contributed by atoms with Crippen molar-refractivity contribution in [3.05, 3.63) is 37.5 Å². The van der Waals surface area contributed by atoms with E-state index in [2.05, 4.69) is 25.3 Å². The standard InChI is InChI=1S/C9H14O.C7H10O/c1-3-5-7-9(10)8-6-4-2;8-7-5-3-1-2-4-6-7/h3-4H,1-2,5-8H2;1-2H,3-6H2. The van der Waals surface area contributed by atoms with Crippen molar-refractivity contribution in [1.29, 1.82) is 0 Å². The molecule has 0 radical (unpaired) electrons.